The molecule has 0 spiro atoms. The third kappa shape index (κ3) is 5.82. The second-order valence-corrected chi connectivity index (χ2v) is 10.4. The van der Waals surface area contributed by atoms with Crippen LogP contribution in [0.3, 0.4) is 0 Å². The minimum absolute atomic E-state index is 0.00193. The Bertz CT molecular complexity index is 1160. The average molecular weight is 490 g/mol. The summed E-state index contributed by atoms with van der Waals surface area (Å²) in [4.78, 5) is 25.5. The zero-order chi connectivity index (χ0) is 24.9. The Morgan fingerprint density at radius 3 is 2.32 bits per heavy atom. The van der Waals surface area contributed by atoms with Gasteiger partial charge in [0.05, 0.1) is 10.6 Å². The van der Waals surface area contributed by atoms with E-state index in [4.69, 9.17) is 0 Å². The van der Waals surface area contributed by atoms with Gasteiger partial charge >= 0.3 is 0 Å². The second kappa shape index (κ2) is 11.1. The maximum atomic E-state index is 14.3. The number of sulfonamides is 1. The Kier molecular flexibility index (Phi) is 8.43. The molecule has 0 heterocycles. The summed E-state index contributed by atoms with van der Waals surface area (Å²) in [5.41, 5.74) is 0.993. The van der Waals surface area contributed by atoms with E-state index in [0.29, 0.717) is 24.3 Å². The highest BCUT2D eigenvalue weighted by Gasteiger charge is 2.25. The lowest BCUT2D eigenvalue weighted by atomic mass is 9.88. The SMILES string of the molecule is CCN(CC)S(=O)(=O)c1cc(C(=O)Nc2ccc(F)c(NC(=O)C3CCCCC3)c2)ccc1C. The number of benzene rings is 2. The number of nitrogens with one attached hydrogen (secondary N) is 2. The van der Waals surface area contributed by atoms with Crippen molar-refractivity contribution in [3.8, 4) is 0 Å². The van der Waals surface area contributed by atoms with Gasteiger partial charge in [0.1, 0.15) is 5.82 Å². The summed E-state index contributed by atoms with van der Waals surface area (Å²) in [6.07, 6.45) is 4.65. The molecule has 0 atom stereocenters. The van der Waals surface area contributed by atoms with Crippen LogP contribution in [0.4, 0.5) is 15.8 Å². The molecule has 2 N–H and O–H groups in total. The van der Waals surface area contributed by atoms with Gasteiger partial charge in [-0.05, 0) is 55.7 Å². The van der Waals surface area contributed by atoms with Crippen LogP contribution in [0, 0.1) is 18.7 Å². The lowest BCUT2D eigenvalue weighted by Gasteiger charge is -2.21. The molecule has 0 radical (unpaired) electrons. The smallest absolute Gasteiger partial charge is 0.255 e. The van der Waals surface area contributed by atoms with Crippen molar-refractivity contribution in [1.29, 1.82) is 0 Å². The van der Waals surface area contributed by atoms with Gasteiger partial charge in [-0.1, -0.05) is 39.2 Å². The van der Waals surface area contributed by atoms with Crippen molar-refractivity contribution in [1.82, 2.24) is 4.31 Å². The van der Waals surface area contributed by atoms with Gasteiger partial charge in [-0.2, -0.15) is 4.31 Å². The van der Waals surface area contributed by atoms with E-state index < -0.39 is 21.7 Å². The first-order valence-corrected chi connectivity index (χ1v) is 13.1. The van der Waals surface area contributed by atoms with Crippen LogP contribution in [0.2, 0.25) is 0 Å². The average Bonchev–Trinajstić information content (AvgIpc) is 2.82. The van der Waals surface area contributed by atoms with Crippen LogP contribution >= 0.6 is 0 Å². The van der Waals surface area contributed by atoms with Crippen molar-refractivity contribution in [2.75, 3.05) is 23.7 Å². The monoisotopic (exact) mass is 489 g/mol. The van der Waals surface area contributed by atoms with E-state index in [2.05, 4.69) is 10.6 Å². The summed E-state index contributed by atoms with van der Waals surface area (Å²) in [5, 5.41) is 5.31. The third-order valence-electron chi connectivity index (χ3n) is 6.23. The first kappa shape index (κ1) is 25.8. The van der Waals surface area contributed by atoms with Crippen molar-refractivity contribution in [3.63, 3.8) is 0 Å². The van der Waals surface area contributed by atoms with E-state index in [9.17, 15) is 22.4 Å². The molecule has 34 heavy (non-hydrogen) atoms. The molecular weight excluding hydrogens is 457 g/mol. The molecule has 1 aliphatic rings. The van der Waals surface area contributed by atoms with Gasteiger partial charge in [0, 0.05) is 30.3 Å². The Morgan fingerprint density at radius 2 is 1.68 bits per heavy atom. The van der Waals surface area contributed by atoms with Crippen molar-refractivity contribution in [2.45, 2.75) is 57.8 Å². The number of carbonyl (C=O) groups excluding carboxylic acids is 2. The second-order valence-electron chi connectivity index (χ2n) is 8.54. The Labute approximate surface area is 200 Å². The number of anilines is 2. The van der Waals surface area contributed by atoms with E-state index in [-0.39, 0.29) is 28.0 Å². The summed E-state index contributed by atoms with van der Waals surface area (Å²) in [6, 6.07) is 8.43. The molecule has 3 rings (SSSR count). The molecule has 0 bridgehead atoms. The fourth-order valence-electron chi connectivity index (χ4n) is 4.22. The molecule has 0 unspecified atom stereocenters. The quantitative estimate of drug-likeness (QED) is 0.549. The molecule has 0 saturated heterocycles. The van der Waals surface area contributed by atoms with Crippen molar-refractivity contribution < 1.29 is 22.4 Å². The van der Waals surface area contributed by atoms with Crippen LogP contribution in [0.1, 0.15) is 61.9 Å². The molecule has 184 valence electrons. The summed E-state index contributed by atoms with van der Waals surface area (Å²) in [5.74, 6) is -1.48. The van der Waals surface area contributed by atoms with Gasteiger partial charge in [0.25, 0.3) is 5.91 Å². The number of hydrogen-bond acceptors (Lipinski definition) is 4. The van der Waals surface area contributed by atoms with Gasteiger partial charge in [0.15, 0.2) is 0 Å². The fourth-order valence-corrected chi connectivity index (χ4v) is 5.93. The van der Waals surface area contributed by atoms with Crippen molar-refractivity contribution >= 4 is 33.2 Å². The first-order chi connectivity index (χ1) is 16.2. The Morgan fingerprint density at radius 1 is 1.00 bits per heavy atom. The number of halogens is 1. The predicted molar refractivity (Wildman–Crippen MR) is 131 cm³/mol. The van der Waals surface area contributed by atoms with Crippen molar-refractivity contribution in [2.24, 2.45) is 5.92 Å². The minimum Gasteiger partial charge on any atom is -0.323 e. The van der Waals surface area contributed by atoms with Crippen molar-refractivity contribution in [3.05, 3.63) is 53.3 Å². The number of carbonyl (C=O) groups is 2. The third-order valence-corrected chi connectivity index (χ3v) is 8.42. The standard InChI is InChI=1S/C25H32FN3O4S/c1-4-29(5-2)34(32,33)23-15-19(12-11-17(23)3)25(31)27-20-13-14-21(26)22(16-20)28-24(30)18-9-7-6-8-10-18/h11-16,18H,4-10H2,1-3H3,(H,27,31)(H,28,30). The molecule has 1 aliphatic carbocycles. The number of nitrogens with zero attached hydrogens (tertiary/aromatic N) is 1. The van der Waals surface area contributed by atoms with Gasteiger partial charge in [-0.15, -0.1) is 0 Å². The highest BCUT2D eigenvalue weighted by atomic mass is 32.2. The number of amides is 2. The van der Waals surface area contributed by atoms with Crippen LogP contribution in [-0.4, -0.2) is 37.6 Å². The summed E-state index contributed by atoms with van der Waals surface area (Å²) < 4.78 is 41.6. The Balaban J connectivity index is 1.79. The van der Waals surface area contributed by atoms with Crippen LogP contribution in [0.5, 0.6) is 0 Å². The van der Waals surface area contributed by atoms with Crippen LogP contribution < -0.4 is 10.6 Å². The van der Waals surface area contributed by atoms with Crippen LogP contribution in [0.25, 0.3) is 0 Å². The molecule has 0 aromatic heterocycles. The molecule has 1 saturated carbocycles. The predicted octanol–water partition coefficient (Wildman–Crippen LogP) is 4.94. The lowest BCUT2D eigenvalue weighted by molar-refractivity contribution is -0.120. The highest BCUT2D eigenvalue weighted by Crippen LogP contribution is 2.27. The lowest BCUT2D eigenvalue weighted by Crippen LogP contribution is -2.31. The van der Waals surface area contributed by atoms with Gasteiger partial charge < -0.3 is 10.6 Å². The van der Waals surface area contributed by atoms with E-state index in [1.165, 1.54) is 28.6 Å². The zero-order valence-electron chi connectivity index (χ0n) is 19.9. The fraction of sp³-hybridized carbons (Fsp3) is 0.440. The topological polar surface area (TPSA) is 95.6 Å². The molecule has 7 nitrogen and oxygen atoms in total. The maximum Gasteiger partial charge on any atom is 0.255 e. The Hall–Kier alpha value is -2.78. The first-order valence-electron chi connectivity index (χ1n) is 11.7. The summed E-state index contributed by atoms with van der Waals surface area (Å²) in [7, 11) is -3.74. The number of rotatable bonds is 8. The van der Waals surface area contributed by atoms with E-state index in [0.717, 1.165) is 32.1 Å². The van der Waals surface area contributed by atoms with E-state index in [1.54, 1.807) is 32.9 Å². The molecule has 2 aromatic rings. The highest BCUT2D eigenvalue weighted by molar-refractivity contribution is 7.89. The molecular formula is C25H32FN3O4S. The largest absolute Gasteiger partial charge is 0.323 e. The molecule has 9 heteroatoms. The van der Waals surface area contributed by atoms with Gasteiger partial charge in [0.2, 0.25) is 15.9 Å². The summed E-state index contributed by atoms with van der Waals surface area (Å²) in [6.45, 7) is 5.83. The molecule has 0 aliphatic heterocycles. The van der Waals surface area contributed by atoms with E-state index >= 15 is 0 Å². The maximum absolute atomic E-state index is 14.3. The molecule has 1 fully saturated rings. The molecule has 2 amide bonds. The van der Waals surface area contributed by atoms with Gasteiger partial charge in [-0.3, -0.25) is 9.59 Å². The normalized spacial score (nSPS) is 14.7. The minimum atomic E-state index is -3.74. The van der Waals surface area contributed by atoms with Crippen LogP contribution in [-0.2, 0) is 14.8 Å². The van der Waals surface area contributed by atoms with Crippen LogP contribution in [0.15, 0.2) is 41.3 Å². The number of hydrogen-bond donors (Lipinski definition) is 2. The zero-order valence-corrected chi connectivity index (χ0v) is 20.7. The summed E-state index contributed by atoms with van der Waals surface area (Å²) >= 11 is 0. The van der Waals surface area contributed by atoms with E-state index in [1.807, 2.05) is 0 Å². The number of aryl methyl sites for hydroxylation is 1. The molecule has 2 aromatic carbocycles. The van der Waals surface area contributed by atoms with Gasteiger partial charge in [-0.25, -0.2) is 12.8 Å².